The Bertz CT molecular complexity index is 853. The molecule has 7 heteroatoms. The minimum absolute atomic E-state index is 0.0180. The Kier molecular flexibility index (Phi) is 6.27. The molecular weight excluding hydrogens is 343 g/mol. The maximum atomic E-state index is 13.8. The number of carbonyl (C=O) groups excluding carboxylic acids is 1. The first-order valence-corrected chi connectivity index (χ1v) is 9.66. The second-order valence-corrected chi connectivity index (χ2v) is 7.78. The van der Waals surface area contributed by atoms with Crippen LogP contribution in [0.15, 0.2) is 48.5 Å². The zero-order valence-corrected chi connectivity index (χ0v) is 15.0. The monoisotopic (exact) mass is 364 g/mol. The molecule has 2 aromatic carbocycles. The number of anilines is 1. The van der Waals surface area contributed by atoms with Gasteiger partial charge in [-0.1, -0.05) is 36.4 Å². The van der Waals surface area contributed by atoms with Crippen LogP contribution in [-0.2, 0) is 21.4 Å². The van der Waals surface area contributed by atoms with Gasteiger partial charge < -0.3 is 5.32 Å². The van der Waals surface area contributed by atoms with E-state index in [0.29, 0.717) is 5.69 Å². The fourth-order valence-electron chi connectivity index (χ4n) is 2.33. The second-order valence-electron chi connectivity index (χ2n) is 5.80. The maximum Gasteiger partial charge on any atom is 0.225 e. The van der Waals surface area contributed by atoms with Crippen molar-refractivity contribution in [2.75, 3.05) is 18.1 Å². The summed E-state index contributed by atoms with van der Waals surface area (Å²) in [6.07, 6.45) is 1.03. The molecule has 2 rings (SSSR count). The summed E-state index contributed by atoms with van der Waals surface area (Å²) in [6.45, 7) is 1.74. The Morgan fingerprint density at radius 2 is 1.76 bits per heavy atom. The summed E-state index contributed by atoms with van der Waals surface area (Å²) in [6, 6.07) is 13.3. The van der Waals surface area contributed by atoms with Crippen LogP contribution in [0.2, 0.25) is 0 Å². The molecule has 0 radical (unpaired) electrons. The average Bonchev–Trinajstić information content (AvgIpc) is 2.54. The Labute approximate surface area is 147 Å². The van der Waals surface area contributed by atoms with Crippen LogP contribution in [0.1, 0.15) is 17.5 Å². The van der Waals surface area contributed by atoms with E-state index in [1.807, 2.05) is 25.1 Å². The van der Waals surface area contributed by atoms with Gasteiger partial charge in [-0.15, -0.1) is 0 Å². The fraction of sp³-hybridized carbons (Fsp3) is 0.278. The molecule has 0 saturated heterocycles. The highest BCUT2D eigenvalue weighted by atomic mass is 32.2. The van der Waals surface area contributed by atoms with E-state index in [1.165, 1.54) is 12.1 Å². The van der Waals surface area contributed by atoms with Crippen LogP contribution in [-0.4, -0.2) is 31.4 Å². The van der Waals surface area contributed by atoms with E-state index in [1.54, 1.807) is 18.2 Å². The molecule has 0 aliphatic rings. The number of nitrogens with zero attached hydrogens (tertiary/aromatic N) is 1. The molecule has 1 amide bonds. The van der Waals surface area contributed by atoms with Gasteiger partial charge in [0.15, 0.2) is 0 Å². The van der Waals surface area contributed by atoms with Gasteiger partial charge in [0.05, 0.1) is 6.26 Å². The zero-order chi connectivity index (χ0) is 18.4. The lowest BCUT2D eigenvalue weighted by Crippen LogP contribution is -2.33. The zero-order valence-electron chi connectivity index (χ0n) is 14.2. The number of halogens is 1. The van der Waals surface area contributed by atoms with E-state index in [4.69, 9.17) is 0 Å². The van der Waals surface area contributed by atoms with Crippen molar-refractivity contribution in [3.63, 3.8) is 0 Å². The highest BCUT2D eigenvalue weighted by Gasteiger charge is 2.19. The van der Waals surface area contributed by atoms with E-state index in [0.717, 1.165) is 16.1 Å². The summed E-state index contributed by atoms with van der Waals surface area (Å²) in [7, 11) is -3.57. The molecule has 0 heterocycles. The van der Waals surface area contributed by atoms with Crippen molar-refractivity contribution < 1.29 is 17.6 Å². The Morgan fingerprint density at radius 1 is 1.12 bits per heavy atom. The molecule has 0 fully saturated rings. The Balaban J connectivity index is 2.02. The van der Waals surface area contributed by atoms with Crippen molar-refractivity contribution in [3.05, 3.63) is 65.5 Å². The Hall–Kier alpha value is -2.25. The third kappa shape index (κ3) is 5.65. The van der Waals surface area contributed by atoms with Crippen LogP contribution in [0.5, 0.6) is 0 Å². The summed E-state index contributed by atoms with van der Waals surface area (Å²) in [4.78, 5) is 12.1. The van der Waals surface area contributed by atoms with Crippen LogP contribution in [0.25, 0.3) is 0 Å². The number of benzene rings is 2. The highest BCUT2D eigenvalue weighted by molar-refractivity contribution is 7.88. The molecule has 0 aromatic heterocycles. The standard InChI is InChI=1S/C18H21FN2O3S/c1-14-7-3-6-10-17(14)20-18(22)11-12-21(25(2,23)24)13-15-8-4-5-9-16(15)19/h3-10H,11-13H2,1-2H3,(H,20,22). The molecule has 25 heavy (non-hydrogen) atoms. The molecule has 134 valence electrons. The molecule has 0 aliphatic heterocycles. The smallest absolute Gasteiger partial charge is 0.225 e. The second kappa shape index (κ2) is 8.22. The van der Waals surface area contributed by atoms with Gasteiger partial charge in [-0.25, -0.2) is 12.8 Å². The third-order valence-corrected chi connectivity index (χ3v) is 5.03. The van der Waals surface area contributed by atoms with Gasteiger partial charge in [-0.3, -0.25) is 4.79 Å². The number of amides is 1. The lowest BCUT2D eigenvalue weighted by Gasteiger charge is -2.20. The number of nitrogens with one attached hydrogen (secondary N) is 1. The van der Waals surface area contributed by atoms with Gasteiger partial charge >= 0.3 is 0 Å². The third-order valence-electron chi connectivity index (χ3n) is 3.78. The summed E-state index contributed by atoms with van der Waals surface area (Å²) in [5.74, 6) is -0.767. The number of para-hydroxylation sites is 1. The average molecular weight is 364 g/mol. The van der Waals surface area contributed by atoms with Gasteiger partial charge in [-0.05, 0) is 24.6 Å². The lowest BCUT2D eigenvalue weighted by molar-refractivity contribution is -0.116. The molecule has 0 bridgehead atoms. The van der Waals surface area contributed by atoms with Crippen LogP contribution >= 0.6 is 0 Å². The summed E-state index contributed by atoms with van der Waals surface area (Å²) >= 11 is 0. The van der Waals surface area contributed by atoms with Gasteiger partial charge in [0.25, 0.3) is 0 Å². The fourth-order valence-corrected chi connectivity index (χ4v) is 3.13. The van der Waals surface area contributed by atoms with Crippen molar-refractivity contribution >= 4 is 21.6 Å². The normalized spacial score (nSPS) is 11.5. The topological polar surface area (TPSA) is 66.5 Å². The van der Waals surface area contributed by atoms with E-state index < -0.39 is 15.8 Å². The summed E-state index contributed by atoms with van der Waals surface area (Å²) in [5, 5.41) is 2.76. The van der Waals surface area contributed by atoms with Crippen molar-refractivity contribution in [2.24, 2.45) is 0 Å². The molecular formula is C18H21FN2O3S. The van der Waals surface area contributed by atoms with Crippen molar-refractivity contribution in [1.82, 2.24) is 4.31 Å². The van der Waals surface area contributed by atoms with Crippen molar-refractivity contribution in [1.29, 1.82) is 0 Å². The minimum Gasteiger partial charge on any atom is -0.326 e. The van der Waals surface area contributed by atoms with E-state index in [2.05, 4.69) is 5.32 Å². The van der Waals surface area contributed by atoms with Crippen molar-refractivity contribution in [2.45, 2.75) is 19.9 Å². The largest absolute Gasteiger partial charge is 0.326 e. The first-order chi connectivity index (χ1) is 11.8. The predicted octanol–water partition coefficient (Wildman–Crippen LogP) is 2.92. The first kappa shape index (κ1) is 19.1. The maximum absolute atomic E-state index is 13.8. The summed E-state index contributed by atoms with van der Waals surface area (Å²) < 4.78 is 38.8. The van der Waals surface area contributed by atoms with E-state index >= 15 is 0 Å². The van der Waals surface area contributed by atoms with Crippen molar-refractivity contribution in [3.8, 4) is 0 Å². The number of sulfonamides is 1. The van der Waals surface area contributed by atoms with Gasteiger partial charge in [0, 0.05) is 30.8 Å². The van der Waals surface area contributed by atoms with Crippen LogP contribution in [0.4, 0.5) is 10.1 Å². The summed E-state index contributed by atoms with van der Waals surface area (Å²) in [5.41, 5.74) is 1.88. The van der Waals surface area contributed by atoms with E-state index in [9.17, 15) is 17.6 Å². The number of aryl methyl sites for hydroxylation is 1. The molecule has 2 aromatic rings. The SMILES string of the molecule is Cc1ccccc1NC(=O)CCN(Cc1ccccc1F)S(C)(=O)=O. The lowest BCUT2D eigenvalue weighted by atomic mass is 10.2. The molecule has 0 saturated carbocycles. The quantitative estimate of drug-likeness (QED) is 0.821. The van der Waals surface area contributed by atoms with Gasteiger partial charge in [-0.2, -0.15) is 4.31 Å². The molecule has 0 aliphatic carbocycles. The molecule has 5 nitrogen and oxygen atoms in total. The Morgan fingerprint density at radius 3 is 2.40 bits per heavy atom. The van der Waals surface area contributed by atoms with Crippen LogP contribution in [0.3, 0.4) is 0 Å². The molecule has 1 N–H and O–H groups in total. The number of hydrogen-bond acceptors (Lipinski definition) is 3. The molecule has 0 unspecified atom stereocenters. The minimum atomic E-state index is -3.57. The predicted molar refractivity (Wildman–Crippen MR) is 96.1 cm³/mol. The van der Waals surface area contributed by atoms with E-state index in [-0.39, 0.29) is 31.0 Å². The van der Waals surface area contributed by atoms with Crippen LogP contribution < -0.4 is 5.32 Å². The number of rotatable bonds is 7. The molecule has 0 spiro atoms. The number of carbonyl (C=O) groups is 1. The number of hydrogen-bond donors (Lipinski definition) is 1. The van der Waals surface area contributed by atoms with Gasteiger partial charge in [0.2, 0.25) is 15.9 Å². The van der Waals surface area contributed by atoms with Gasteiger partial charge in [0.1, 0.15) is 5.82 Å². The first-order valence-electron chi connectivity index (χ1n) is 7.81. The highest BCUT2D eigenvalue weighted by Crippen LogP contribution is 2.15. The van der Waals surface area contributed by atoms with Crippen LogP contribution in [0, 0.1) is 12.7 Å². The molecule has 0 atom stereocenters.